The zero-order valence-electron chi connectivity index (χ0n) is 14.0. The van der Waals surface area contributed by atoms with Crippen LogP contribution in [0, 0.1) is 6.92 Å². The molecular weight excluding hydrogens is 348 g/mol. The number of carbonyl (C=O) groups excluding carboxylic acids is 4. The van der Waals surface area contributed by atoms with Crippen LogP contribution >= 0.6 is 11.6 Å². The number of Topliss-reactive ketones (excluding diaryl/α,β-unsaturated/α-hetero) is 1. The first-order chi connectivity index (χ1) is 11.8. The Hall–Kier alpha value is -2.41. The zero-order valence-corrected chi connectivity index (χ0v) is 14.8. The molecule has 0 aliphatic carbocycles. The van der Waals surface area contributed by atoms with Crippen molar-refractivity contribution >= 4 is 41.0 Å². The van der Waals surface area contributed by atoms with Crippen LogP contribution in [-0.2, 0) is 19.1 Å². The van der Waals surface area contributed by atoms with Gasteiger partial charge in [-0.3, -0.25) is 14.4 Å². The molecule has 1 aliphatic rings. The molecule has 0 bridgehead atoms. The average Bonchev–Trinajstić information content (AvgIpc) is 2.89. The molecule has 1 aromatic rings. The maximum absolute atomic E-state index is 12.7. The van der Waals surface area contributed by atoms with E-state index in [1.54, 1.807) is 18.2 Å². The highest BCUT2D eigenvalue weighted by Crippen LogP contribution is 2.24. The predicted molar refractivity (Wildman–Crippen MR) is 91.3 cm³/mol. The van der Waals surface area contributed by atoms with Crippen LogP contribution in [0.1, 0.15) is 31.7 Å². The van der Waals surface area contributed by atoms with E-state index in [-0.39, 0.29) is 11.4 Å². The quantitative estimate of drug-likeness (QED) is 0.749. The SMILES string of the molecule is CCCCC(=O)C(C(=O)Nc1cc(C)ccc1Cl)N1C(=O)COC1=O. The standard InChI is InChI=1S/C17H19ClN2O5/c1-3-4-5-13(21)15(20-14(22)9-25-17(20)24)16(23)19-12-8-10(2)6-7-11(12)18/h6-8,15H,3-5,9H2,1-2H3,(H,19,23). The molecule has 7 nitrogen and oxygen atoms in total. The number of unbranched alkanes of at least 4 members (excludes halogenated alkanes) is 1. The Kier molecular flexibility index (Phi) is 6.14. The number of rotatable bonds is 7. The number of nitrogens with one attached hydrogen (secondary N) is 1. The number of cyclic esters (lactones) is 1. The Labute approximate surface area is 150 Å². The molecule has 1 aromatic carbocycles. The largest absolute Gasteiger partial charge is 0.439 e. The number of hydrogen-bond acceptors (Lipinski definition) is 5. The lowest BCUT2D eigenvalue weighted by Crippen LogP contribution is -2.51. The predicted octanol–water partition coefficient (Wildman–Crippen LogP) is 2.69. The van der Waals surface area contributed by atoms with Gasteiger partial charge in [0.1, 0.15) is 0 Å². The summed E-state index contributed by atoms with van der Waals surface area (Å²) >= 11 is 6.05. The molecule has 2 rings (SSSR count). The maximum atomic E-state index is 12.7. The van der Waals surface area contributed by atoms with Crippen LogP contribution in [0.3, 0.4) is 0 Å². The Balaban J connectivity index is 2.29. The number of anilines is 1. The lowest BCUT2D eigenvalue weighted by atomic mass is 10.0. The fourth-order valence-electron chi connectivity index (χ4n) is 2.44. The van der Waals surface area contributed by atoms with E-state index < -0.39 is 36.3 Å². The fraction of sp³-hybridized carbons (Fsp3) is 0.412. The Bertz CT molecular complexity index is 703. The molecular formula is C17H19ClN2O5. The van der Waals surface area contributed by atoms with Crippen LogP contribution in [0.5, 0.6) is 0 Å². The number of ether oxygens (including phenoxy) is 1. The zero-order chi connectivity index (χ0) is 18.6. The molecule has 3 amide bonds. The van der Waals surface area contributed by atoms with Gasteiger partial charge in [0.2, 0.25) is 0 Å². The van der Waals surface area contributed by atoms with Gasteiger partial charge in [0.15, 0.2) is 18.4 Å². The van der Waals surface area contributed by atoms with Crippen LogP contribution in [-0.4, -0.2) is 41.2 Å². The van der Waals surface area contributed by atoms with Crippen molar-refractivity contribution in [3.05, 3.63) is 28.8 Å². The molecule has 1 N–H and O–H groups in total. The number of ketones is 1. The maximum Gasteiger partial charge on any atom is 0.418 e. The van der Waals surface area contributed by atoms with E-state index in [1.807, 2.05) is 13.8 Å². The third kappa shape index (κ3) is 4.36. The summed E-state index contributed by atoms with van der Waals surface area (Å²) in [5.41, 5.74) is 1.16. The van der Waals surface area contributed by atoms with Gasteiger partial charge in [-0.1, -0.05) is 31.0 Å². The highest BCUT2D eigenvalue weighted by molar-refractivity contribution is 6.34. The number of hydrogen-bond donors (Lipinski definition) is 1. The molecule has 1 atom stereocenters. The van der Waals surface area contributed by atoms with Crippen LogP contribution < -0.4 is 5.32 Å². The fourth-order valence-corrected chi connectivity index (χ4v) is 2.61. The van der Waals surface area contributed by atoms with E-state index >= 15 is 0 Å². The van der Waals surface area contributed by atoms with Gasteiger partial charge in [-0.25, -0.2) is 9.69 Å². The smallest absolute Gasteiger partial charge is 0.418 e. The van der Waals surface area contributed by atoms with Gasteiger partial charge >= 0.3 is 6.09 Å². The van der Waals surface area contributed by atoms with E-state index in [2.05, 4.69) is 10.1 Å². The van der Waals surface area contributed by atoms with Gasteiger partial charge in [-0.2, -0.15) is 0 Å². The number of imide groups is 1. The number of halogens is 1. The third-order valence-corrected chi connectivity index (χ3v) is 4.08. The van der Waals surface area contributed by atoms with E-state index in [1.165, 1.54) is 0 Å². The number of carbonyl (C=O) groups is 4. The first-order valence-corrected chi connectivity index (χ1v) is 8.31. The van der Waals surface area contributed by atoms with Crippen molar-refractivity contribution in [1.29, 1.82) is 0 Å². The van der Waals surface area contributed by atoms with Crippen molar-refractivity contribution in [2.24, 2.45) is 0 Å². The van der Waals surface area contributed by atoms with E-state index in [0.717, 1.165) is 12.0 Å². The van der Waals surface area contributed by atoms with Crippen molar-refractivity contribution in [2.45, 2.75) is 39.2 Å². The van der Waals surface area contributed by atoms with Crippen molar-refractivity contribution in [3.8, 4) is 0 Å². The molecule has 1 unspecified atom stereocenters. The number of nitrogens with zero attached hydrogens (tertiary/aromatic N) is 1. The summed E-state index contributed by atoms with van der Waals surface area (Å²) < 4.78 is 4.64. The van der Waals surface area contributed by atoms with Crippen LogP contribution in [0.15, 0.2) is 18.2 Å². The number of amides is 3. The van der Waals surface area contributed by atoms with Gasteiger partial charge in [0.05, 0.1) is 10.7 Å². The number of benzene rings is 1. The van der Waals surface area contributed by atoms with Gasteiger partial charge in [-0.05, 0) is 31.0 Å². The first-order valence-electron chi connectivity index (χ1n) is 7.93. The van der Waals surface area contributed by atoms with Crippen molar-refractivity contribution < 1.29 is 23.9 Å². The van der Waals surface area contributed by atoms with Crippen LogP contribution in [0.2, 0.25) is 5.02 Å². The topological polar surface area (TPSA) is 92.8 Å². The Morgan fingerprint density at radius 3 is 2.68 bits per heavy atom. The molecule has 8 heteroatoms. The minimum Gasteiger partial charge on any atom is -0.439 e. The molecule has 1 aliphatic heterocycles. The lowest BCUT2D eigenvalue weighted by molar-refractivity contribution is -0.139. The first kappa shape index (κ1) is 18.9. The summed E-state index contributed by atoms with van der Waals surface area (Å²) in [5.74, 6) is -2.03. The molecule has 0 radical (unpaired) electrons. The van der Waals surface area contributed by atoms with E-state index in [0.29, 0.717) is 17.0 Å². The lowest BCUT2D eigenvalue weighted by Gasteiger charge is -2.22. The molecule has 0 spiro atoms. The molecule has 0 aromatic heterocycles. The van der Waals surface area contributed by atoms with Crippen molar-refractivity contribution in [2.75, 3.05) is 11.9 Å². The van der Waals surface area contributed by atoms with Gasteiger partial charge in [-0.15, -0.1) is 0 Å². The highest BCUT2D eigenvalue weighted by atomic mass is 35.5. The third-order valence-electron chi connectivity index (χ3n) is 3.75. The van der Waals surface area contributed by atoms with Gasteiger partial charge in [0.25, 0.3) is 11.8 Å². The van der Waals surface area contributed by atoms with E-state index in [9.17, 15) is 19.2 Å². The summed E-state index contributed by atoms with van der Waals surface area (Å²) in [6.07, 6.45) is 0.366. The minimum absolute atomic E-state index is 0.0766. The minimum atomic E-state index is -1.56. The monoisotopic (exact) mass is 366 g/mol. The number of aryl methyl sites for hydroxylation is 1. The second kappa shape index (κ2) is 8.11. The molecule has 1 fully saturated rings. The highest BCUT2D eigenvalue weighted by Gasteiger charge is 2.44. The molecule has 1 saturated heterocycles. The second-order valence-corrected chi connectivity index (χ2v) is 6.17. The Morgan fingerprint density at radius 1 is 1.36 bits per heavy atom. The second-order valence-electron chi connectivity index (χ2n) is 5.76. The Morgan fingerprint density at radius 2 is 2.08 bits per heavy atom. The summed E-state index contributed by atoms with van der Waals surface area (Å²) in [7, 11) is 0. The molecule has 134 valence electrons. The van der Waals surface area contributed by atoms with Crippen molar-refractivity contribution in [3.63, 3.8) is 0 Å². The van der Waals surface area contributed by atoms with Crippen LogP contribution in [0.4, 0.5) is 10.5 Å². The van der Waals surface area contributed by atoms with Crippen LogP contribution in [0.25, 0.3) is 0 Å². The summed E-state index contributed by atoms with van der Waals surface area (Å²) in [5, 5.41) is 2.82. The van der Waals surface area contributed by atoms with Gasteiger partial charge < -0.3 is 10.1 Å². The summed E-state index contributed by atoms with van der Waals surface area (Å²) in [6.45, 7) is 3.23. The van der Waals surface area contributed by atoms with Crippen molar-refractivity contribution in [1.82, 2.24) is 4.90 Å². The average molecular weight is 367 g/mol. The normalized spacial score (nSPS) is 15.1. The van der Waals surface area contributed by atoms with E-state index in [4.69, 9.17) is 11.6 Å². The molecule has 1 heterocycles. The summed E-state index contributed by atoms with van der Waals surface area (Å²) in [6, 6.07) is 3.45. The van der Waals surface area contributed by atoms with Gasteiger partial charge in [0, 0.05) is 6.42 Å². The molecule has 25 heavy (non-hydrogen) atoms. The molecule has 0 saturated carbocycles. The summed E-state index contributed by atoms with van der Waals surface area (Å²) in [4.78, 5) is 49.4.